The summed E-state index contributed by atoms with van der Waals surface area (Å²) in [6.07, 6.45) is 2.50. The molecule has 2 aromatic heterocycles. The van der Waals surface area contributed by atoms with Gasteiger partial charge in [0.15, 0.2) is 5.16 Å². The van der Waals surface area contributed by atoms with Crippen molar-refractivity contribution in [1.82, 2.24) is 14.5 Å². The van der Waals surface area contributed by atoms with Crippen molar-refractivity contribution < 1.29 is 4.74 Å². The molecule has 0 N–H and O–H groups in total. The van der Waals surface area contributed by atoms with Crippen LogP contribution < -0.4 is 5.56 Å². The van der Waals surface area contributed by atoms with Crippen LogP contribution in [0.15, 0.2) is 52.5 Å². The first kappa shape index (κ1) is 17.9. The predicted molar refractivity (Wildman–Crippen MR) is 101 cm³/mol. The Morgan fingerprint density at radius 2 is 2.16 bits per heavy atom. The molecular weight excluding hydrogens is 358 g/mol. The second-order valence-corrected chi connectivity index (χ2v) is 6.85. The third kappa shape index (κ3) is 4.39. The summed E-state index contributed by atoms with van der Waals surface area (Å²) < 4.78 is 6.82. The summed E-state index contributed by atoms with van der Waals surface area (Å²) >= 11 is 7.55. The fourth-order valence-electron chi connectivity index (χ4n) is 2.47. The molecule has 0 aliphatic heterocycles. The van der Waals surface area contributed by atoms with Crippen LogP contribution in [0.1, 0.15) is 12.1 Å². The van der Waals surface area contributed by atoms with E-state index in [1.807, 2.05) is 18.2 Å². The lowest BCUT2D eigenvalue weighted by Gasteiger charge is -2.13. The molecule has 7 heteroatoms. The highest BCUT2D eigenvalue weighted by Crippen LogP contribution is 2.23. The summed E-state index contributed by atoms with van der Waals surface area (Å²) in [7, 11) is 1.65. The molecule has 2 heterocycles. The number of ether oxygens (including phenoxy) is 1. The molecule has 0 saturated heterocycles. The molecule has 130 valence electrons. The van der Waals surface area contributed by atoms with E-state index in [-0.39, 0.29) is 5.56 Å². The molecule has 3 rings (SSSR count). The van der Waals surface area contributed by atoms with Gasteiger partial charge in [0.1, 0.15) is 0 Å². The monoisotopic (exact) mass is 375 g/mol. The molecule has 0 radical (unpaired) electrons. The average molecular weight is 376 g/mol. The van der Waals surface area contributed by atoms with Crippen LogP contribution in [-0.2, 0) is 17.0 Å². The van der Waals surface area contributed by atoms with Gasteiger partial charge in [-0.25, -0.2) is 4.98 Å². The summed E-state index contributed by atoms with van der Waals surface area (Å²) in [6.45, 7) is 1.15. The van der Waals surface area contributed by atoms with Crippen molar-refractivity contribution in [1.29, 1.82) is 0 Å². The Balaban J connectivity index is 1.97. The normalized spacial score (nSPS) is 11.1. The molecule has 0 aliphatic rings. The Kier molecular flexibility index (Phi) is 6.07. The first-order chi connectivity index (χ1) is 12.2. The van der Waals surface area contributed by atoms with Crippen molar-refractivity contribution in [2.45, 2.75) is 23.9 Å². The van der Waals surface area contributed by atoms with Crippen molar-refractivity contribution in [3.63, 3.8) is 0 Å². The number of hydrogen-bond donors (Lipinski definition) is 0. The zero-order valence-corrected chi connectivity index (χ0v) is 15.4. The summed E-state index contributed by atoms with van der Waals surface area (Å²) in [5.41, 5.74) is 1.50. The molecule has 25 heavy (non-hydrogen) atoms. The largest absolute Gasteiger partial charge is 0.385 e. The smallest absolute Gasteiger partial charge is 0.262 e. The number of thioether (sulfide) groups is 1. The molecule has 5 nitrogen and oxygen atoms in total. The quantitative estimate of drug-likeness (QED) is 0.357. The van der Waals surface area contributed by atoms with Gasteiger partial charge in [0.2, 0.25) is 0 Å². The molecular formula is C18H18ClN3O2S. The predicted octanol–water partition coefficient (Wildman–Crippen LogP) is 3.77. The number of aromatic nitrogens is 3. The van der Waals surface area contributed by atoms with Crippen LogP contribution in [0.2, 0.25) is 5.02 Å². The fraction of sp³-hybridized carbons (Fsp3) is 0.278. The number of pyridine rings is 1. The number of hydrogen-bond acceptors (Lipinski definition) is 5. The standard InChI is InChI=1S/C18H18ClN3O2S/c1-24-10-4-9-22-17(23)15-7-6-13(19)11-16(15)21-18(22)25-12-14-5-2-3-8-20-14/h2-3,5-8,11H,4,9-10,12H2,1H3. The van der Waals surface area contributed by atoms with Crippen molar-refractivity contribution in [3.05, 3.63) is 63.7 Å². The van der Waals surface area contributed by atoms with Crippen molar-refractivity contribution in [2.24, 2.45) is 0 Å². The van der Waals surface area contributed by atoms with Crippen LogP contribution in [0.25, 0.3) is 10.9 Å². The van der Waals surface area contributed by atoms with E-state index in [2.05, 4.69) is 9.97 Å². The topological polar surface area (TPSA) is 57.0 Å². The van der Waals surface area contributed by atoms with Gasteiger partial charge in [-0.05, 0) is 36.8 Å². The fourth-order valence-corrected chi connectivity index (χ4v) is 3.58. The van der Waals surface area contributed by atoms with Crippen molar-refractivity contribution >= 4 is 34.3 Å². The summed E-state index contributed by atoms with van der Waals surface area (Å²) in [6, 6.07) is 11.0. The molecule has 0 spiro atoms. The lowest BCUT2D eigenvalue weighted by molar-refractivity contribution is 0.189. The SMILES string of the molecule is COCCCn1c(SCc2ccccn2)nc2cc(Cl)ccc2c1=O. The highest BCUT2D eigenvalue weighted by Gasteiger charge is 2.12. The van der Waals surface area contributed by atoms with Gasteiger partial charge < -0.3 is 4.74 Å². The Hall–Kier alpha value is -1.89. The highest BCUT2D eigenvalue weighted by molar-refractivity contribution is 7.98. The Morgan fingerprint density at radius 1 is 1.28 bits per heavy atom. The van der Waals surface area contributed by atoms with Gasteiger partial charge in [-0.3, -0.25) is 14.3 Å². The number of halogens is 1. The van der Waals surface area contributed by atoms with E-state index in [0.29, 0.717) is 40.0 Å². The summed E-state index contributed by atoms with van der Waals surface area (Å²) in [5, 5.41) is 1.81. The van der Waals surface area contributed by atoms with Crippen LogP contribution >= 0.6 is 23.4 Å². The number of fused-ring (bicyclic) bond motifs is 1. The van der Waals surface area contributed by atoms with Gasteiger partial charge >= 0.3 is 0 Å². The number of benzene rings is 1. The van der Waals surface area contributed by atoms with Crippen LogP contribution in [0, 0.1) is 0 Å². The maximum absolute atomic E-state index is 12.9. The molecule has 0 saturated carbocycles. The van der Waals surface area contributed by atoms with Gasteiger partial charge in [0.05, 0.1) is 16.6 Å². The van der Waals surface area contributed by atoms with E-state index in [1.54, 1.807) is 36.1 Å². The highest BCUT2D eigenvalue weighted by atomic mass is 35.5. The maximum atomic E-state index is 12.9. The van der Waals surface area contributed by atoms with Crippen LogP contribution in [0.5, 0.6) is 0 Å². The third-order valence-electron chi connectivity index (χ3n) is 3.69. The molecule has 0 atom stereocenters. The van der Waals surface area contributed by atoms with Crippen molar-refractivity contribution in [2.75, 3.05) is 13.7 Å². The number of methoxy groups -OCH3 is 1. The Labute approximate surface area is 155 Å². The minimum Gasteiger partial charge on any atom is -0.385 e. The van der Waals surface area contributed by atoms with Crippen LogP contribution in [0.4, 0.5) is 0 Å². The molecule has 0 unspecified atom stereocenters. The lowest BCUT2D eigenvalue weighted by Crippen LogP contribution is -2.24. The van der Waals surface area contributed by atoms with E-state index < -0.39 is 0 Å². The van der Waals surface area contributed by atoms with E-state index in [0.717, 1.165) is 12.1 Å². The van der Waals surface area contributed by atoms with E-state index in [1.165, 1.54) is 11.8 Å². The molecule has 0 aliphatic carbocycles. The zero-order valence-electron chi connectivity index (χ0n) is 13.8. The van der Waals surface area contributed by atoms with Crippen LogP contribution in [-0.4, -0.2) is 28.3 Å². The minimum atomic E-state index is -0.0544. The van der Waals surface area contributed by atoms with Gasteiger partial charge in [-0.15, -0.1) is 0 Å². The molecule has 0 fully saturated rings. The third-order valence-corrected chi connectivity index (χ3v) is 4.93. The molecule has 1 aromatic carbocycles. The summed E-state index contributed by atoms with van der Waals surface area (Å²) in [5.74, 6) is 0.642. The van der Waals surface area contributed by atoms with Crippen molar-refractivity contribution in [3.8, 4) is 0 Å². The Morgan fingerprint density at radius 3 is 2.92 bits per heavy atom. The lowest BCUT2D eigenvalue weighted by atomic mass is 10.2. The minimum absolute atomic E-state index is 0.0544. The number of nitrogens with zero attached hydrogens (tertiary/aromatic N) is 3. The maximum Gasteiger partial charge on any atom is 0.262 e. The second kappa shape index (κ2) is 8.47. The van der Waals surface area contributed by atoms with Gasteiger partial charge in [0, 0.05) is 37.2 Å². The van der Waals surface area contributed by atoms with Crippen LogP contribution in [0.3, 0.4) is 0 Å². The average Bonchev–Trinajstić information content (AvgIpc) is 2.63. The zero-order chi connectivity index (χ0) is 17.6. The first-order valence-corrected chi connectivity index (χ1v) is 9.27. The van der Waals surface area contributed by atoms with Gasteiger partial charge in [-0.1, -0.05) is 29.4 Å². The van der Waals surface area contributed by atoms with Gasteiger partial charge in [0.25, 0.3) is 5.56 Å². The van der Waals surface area contributed by atoms with Gasteiger partial charge in [-0.2, -0.15) is 0 Å². The molecule has 0 amide bonds. The summed E-state index contributed by atoms with van der Waals surface area (Å²) in [4.78, 5) is 21.9. The second-order valence-electron chi connectivity index (χ2n) is 5.47. The van der Waals surface area contributed by atoms with E-state index in [9.17, 15) is 4.79 Å². The Bertz CT molecular complexity index is 915. The molecule has 0 bridgehead atoms. The van der Waals surface area contributed by atoms with E-state index in [4.69, 9.17) is 16.3 Å². The van der Waals surface area contributed by atoms with E-state index >= 15 is 0 Å². The molecule has 3 aromatic rings. The number of rotatable bonds is 7. The first-order valence-electron chi connectivity index (χ1n) is 7.91.